The maximum atomic E-state index is 9.79. The molecule has 2 N–H and O–H groups in total. The number of methoxy groups -OCH3 is 1. The molecule has 1 saturated carbocycles. The number of aliphatic hydroxyl groups excluding tert-OH is 1. The fourth-order valence-corrected chi connectivity index (χ4v) is 2.97. The smallest absolute Gasteiger partial charge is 0.176 e. The Bertz CT molecular complexity index is 578. The van der Waals surface area contributed by atoms with Crippen LogP contribution in [0.15, 0.2) is 28.7 Å². The van der Waals surface area contributed by atoms with Crippen molar-refractivity contribution in [3.05, 3.63) is 30.0 Å². The summed E-state index contributed by atoms with van der Waals surface area (Å²) in [6.45, 7) is 1.52. The Kier molecular flexibility index (Phi) is 3.94. The Morgan fingerprint density at radius 2 is 2.30 bits per heavy atom. The van der Waals surface area contributed by atoms with E-state index in [0.717, 1.165) is 48.3 Å². The van der Waals surface area contributed by atoms with Crippen LogP contribution in [-0.4, -0.2) is 24.9 Å². The summed E-state index contributed by atoms with van der Waals surface area (Å²) in [4.78, 5) is 0. The number of rotatable bonds is 5. The van der Waals surface area contributed by atoms with Crippen LogP contribution in [0.25, 0.3) is 11.0 Å². The molecule has 0 spiro atoms. The Labute approximate surface area is 118 Å². The van der Waals surface area contributed by atoms with Gasteiger partial charge in [-0.25, -0.2) is 0 Å². The molecule has 1 heterocycles. The van der Waals surface area contributed by atoms with Crippen LogP contribution in [0.5, 0.6) is 5.75 Å². The van der Waals surface area contributed by atoms with Crippen LogP contribution >= 0.6 is 0 Å². The first-order chi connectivity index (χ1) is 9.78. The van der Waals surface area contributed by atoms with E-state index in [1.807, 2.05) is 24.3 Å². The van der Waals surface area contributed by atoms with Crippen molar-refractivity contribution in [2.45, 2.75) is 31.9 Å². The second-order valence-corrected chi connectivity index (χ2v) is 5.48. The predicted molar refractivity (Wildman–Crippen MR) is 77.8 cm³/mol. The molecule has 1 aliphatic carbocycles. The molecule has 1 fully saturated rings. The number of hydrogen-bond acceptors (Lipinski definition) is 4. The van der Waals surface area contributed by atoms with Gasteiger partial charge >= 0.3 is 0 Å². The molecule has 2 aromatic rings. The molecule has 0 radical (unpaired) electrons. The third-order valence-electron chi connectivity index (χ3n) is 4.10. The Hall–Kier alpha value is -1.52. The van der Waals surface area contributed by atoms with Gasteiger partial charge in [-0.3, -0.25) is 0 Å². The normalized spacial score (nSPS) is 22.5. The van der Waals surface area contributed by atoms with Gasteiger partial charge in [0.1, 0.15) is 5.76 Å². The number of nitrogens with one attached hydrogen (secondary N) is 1. The minimum absolute atomic E-state index is 0.140. The molecule has 1 aromatic heterocycles. The molecular formula is C16H21NO3. The van der Waals surface area contributed by atoms with E-state index in [4.69, 9.17) is 9.15 Å². The fraction of sp³-hybridized carbons (Fsp3) is 0.500. The molecule has 20 heavy (non-hydrogen) atoms. The van der Waals surface area contributed by atoms with Gasteiger partial charge in [-0.2, -0.15) is 0 Å². The summed E-state index contributed by atoms with van der Waals surface area (Å²) in [7, 11) is 1.65. The second kappa shape index (κ2) is 5.85. The van der Waals surface area contributed by atoms with E-state index in [0.29, 0.717) is 12.5 Å². The van der Waals surface area contributed by atoms with Crippen molar-refractivity contribution in [1.29, 1.82) is 0 Å². The molecular weight excluding hydrogens is 254 g/mol. The molecule has 0 bridgehead atoms. The van der Waals surface area contributed by atoms with Crippen molar-refractivity contribution in [3.63, 3.8) is 0 Å². The topological polar surface area (TPSA) is 54.6 Å². The van der Waals surface area contributed by atoms with Gasteiger partial charge in [0.05, 0.1) is 19.8 Å². The highest BCUT2D eigenvalue weighted by Crippen LogP contribution is 2.28. The van der Waals surface area contributed by atoms with Gasteiger partial charge in [-0.1, -0.05) is 18.6 Å². The summed E-state index contributed by atoms with van der Waals surface area (Å²) in [6.07, 6.45) is 3.05. The van der Waals surface area contributed by atoms with Crippen LogP contribution in [0, 0.1) is 5.92 Å². The van der Waals surface area contributed by atoms with Crippen molar-refractivity contribution in [3.8, 4) is 5.75 Å². The number of fused-ring (bicyclic) bond motifs is 1. The van der Waals surface area contributed by atoms with Gasteiger partial charge < -0.3 is 19.6 Å². The van der Waals surface area contributed by atoms with Gasteiger partial charge in [0.25, 0.3) is 0 Å². The van der Waals surface area contributed by atoms with Crippen LogP contribution in [-0.2, 0) is 6.54 Å². The Morgan fingerprint density at radius 3 is 3.05 bits per heavy atom. The number of aliphatic hydroxyl groups is 1. The SMILES string of the molecule is COc1cccc2cc(CNCC3CCCC3O)oc12. The number of ether oxygens (including phenoxy) is 1. The van der Waals surface area contributed by atoms with Gasteiger partial charge in [0.2, 0.25) is 0 Å². The zero-order valence-corrected chi connectivity index (χ0v) is 11.8. The van der Waals surface area contributed by atoms with Crippen molar-refractivity contribution in [2.24, 2.45) is 5.92 Å². The van der Waals surface area contributed by atoms with E-state index in [1.165, 1.54) is 0 Å². The standard InChI is InChI=1S/C16H21NO3/c1-19-15-7-3-4-11-8-13(20-16(11)15)10-17-9-12-5-2-6-14(12)18/h3-4,7-8,12,14,17-18H,2,5-6,9-10H2,1H3. The monoisotopic (exact) mass is 275 g/mol. The average Bonchev–Trinajstić information content (AvgIpc) is 3.04. The number of para-hydroxylation sites is 1. The highest BCUT2D eigenvalue weighted by atomic mass is 16.5. The number of furan rings is 1. The van der Waals surface area contributed by atoms with Crippen LogP contribution in [0.4, 0.5) is 0 Å². The first-order valence-corrected chi connectivity index (χ1v) is 7.22. The summed E-state index contributed by atoms with van der Waals surface area (Å²) in [5.41, 5.74) is 0.799. The summed E-state index contributed by atoms with van der Waals surface area (Å²) in [5, 5.41) is 14.2. The van der Waals surface area contributed by atoms with E-state index in [1.54, 1.807) is 7.11 Å². The number of benzene rings is 1. The van der Waals surface area contributed by atoms with E-state index in [-0.39, 0.29) is 6.10 Å². The molecule has 0 aliphatic heterocycles. The number of hydrogen-bond donors (Lipinski definition) is 2. The van der Waals surface area contributed by atoms with E-state index in [9.17, 15) is 5.11 Å². The summed E-state index contributed by atoms with van der Waals surface area (Å²) in [5.74, 6) is 2.05. The molecule has 4 heteroatoms. The van der Waals surface area contributed by atoms with Gasteiger partial charge in [-0.15, -0.1) is 0 Å². The minimum atomic E-state index is -0.140. The van der Waals surface area contributed by atoms with E-state index >= 15 is 0 Å². The molecule has 0 saturated heterocycles. The Morgan fingerprint density at radius 1 is 1.40 bits per heavy atom. The van der Waals surface area contributed by atoms with Crippen LogP contribution < -0.4 is 10.1 Å². The lowest BCUT2D eigenvalue weighted by Gasteiger charge is -2.14. The van der Waals surface area contributed by atoms with Gasteiger partial charge in [0, 0.05) is 11.9 Å². The van der Waals surface area contributed by atoms with Crippen molar-refractivity contribution in [2.75, 3.05) is 13.7 Å². The lowest BCUT2D eigenvalue weighted by atomic mass is 10.1. The highest BCUT2D eigenvalue weighted by Gasteiger charge is 2.24. The quantitative estimate of drug-likeness (QED) is 0.881. The summed E-state index contributed by atoms with van der Waals surface area (Å²) >= 11 is 0. The van der Waals surface area contributed by atoms with Crippen LogP contribution in [0.1, 0.15) is 25.0 Å². The van der Waals surface area contributed by atoms with Crippen molar-refractivity contribution in [1.82, 2.24) is 5.32 Å². The van der Waals surface area contributed by atoms with Gasteiger partial charge in [-0.05, 0) is 30.9 Å². The molecule has 2 atom stereocenters. The summed E-state index contributed by atoms with van der Waals surface area (Å²) < 4.78 is 11.1. The molecule has 4 nitrogen and oxygen atoms in total. The molecule has 1 aliphatic rings. The molecule has 2 unspecified atom stereocenters. The lowest BCUT2D eigenvalue weighted by Crippen LogP contribution is -2.27. The predicted octanol–water partition coefficient (Wildman–Crippen LogP) is 2.69. The first kappa shape index (κ1) is 13.5. The van der Waals surface area contributed by atoms with Crippen molar-refractivity contribution < 1.29 is 14.3 Å². The van der Waals surface area contributed by atoms with Crippen molar-refractivity contribution >= 4 is 11.0 Å². The molecule has 108 valence electrons. The maximum Gasteiger partial charge on any atom is 0.176 e. The van der Waals surface area contributed by atoms with E-state index < -0.39 is 0 Å². The van der Waals surface area contributed by atoms with Gasteiger partial charge in [0.15, 0.2) is 11.3 Å². The molecule has 3 rings (SSSR count). The molecule has 0 amide bonds. The molecule has 1 aromatic carbocycles. The zero-order chi connectivity index (χ0) is 13.9. The van der Waals surface area contributed by atoms with E-state index in [2.05, 4.69) is 5.32 Å². The summed E-state index contributed by atoms with van der Waals surface area (Å²) in [6, 6.07) is 7.92. The third-order valence-corrected chi connectivity index (χ3v) is 4.10. The zero-order valence-electron chi connectivity index (χ0n) is 11.8. The minimum Gasteiger partial charge on any atom is -0.493 e. The van der Waals surface area contributed by atoms with Crippen LogP contribution in [0.3, 0.4) is 0 Å². The lowest BCUT2D eigenvalue weighted by molar-refractivity contribution is 0.131. The highest BCUT2D eigenvalue weighted by molar-refractivity contribution is 5.83. The third kappa shape index (κ3) is 2.67. The maximum absolute atomic E-state index is 9.79. The van der Waals surface area contributed by atoms with Crippen LogP contribution in [0.2, 0.25) is 0 Å². The average molecular weight is 275 g/mol. The first-order valence-electron chi connectivity index (χ1n) is 7.22. The fourth-order valence-electron chi connectivity index (χ4n) is 2.97. The second-order valence-electron chi connectivity index (χ2n) is 5.48. The largest absolute Gasteiger partial charge is 0.493 e. The Balaban J connectivity index is 1.63.